The smallest absolute Gasteiger partial charge is 0.170 e. The van der Waals surface area contributed by atoms with Gasteiger partial charge >= 0.3 is 0 Å². The van der Waals surface area contributed by atoms with E-state index in [9.17, 15) is 0 Å². The average molecular weight is 377 g/mol. The van der Waals surface area contributed by atoms with Gasteiger partial charge in [0.15, 0.2) is 5.11 Å². The number of hydrogen-bond donors (Lipinski definition) is 1. The third-order valence-electron chi connectivity index (χ3n) is 4.88. The van der Waals surface area contributed by atoms with Crippen molar-refractivity contribution < 1.29 is 0 Å². The minimum absolute atomic E-state index is 0.0230. The third-order valence-corrected chi connectivity index (χ3v) is 5.23. The Bertz CT molecular complexity index is 904. The van der Waals surface area contributed by atoms with Crippen LogP contribution in [0.15, 0.2) is 73.1 Å². The van der Waals surface area contributed by atoms with E-state index in [-0.39, 0.29) is 12.1 Å². The van der Waals surface area contributed by atoms with Crippen LogP contribution in [0.4, 0.5) is 0 Å². The third kappa shape index (κ3) is 3.47. The zero-order valence-electron chi connectivity index (χ0n) is 15.6. The highest BCUT2D eigenvalue weighted by molar-refractivity contribution is 7.80. The van der Waals surface area contributed by atoms with E-state index in [1.54, 1.807) is 0 Å². The lowest BCUT2D eigenvalue weighted by molar-refractivity contribution is 0.280. The Morgan fingerprint density at radius 2 is 1.81 bits per heavy atom. The van der Waals surface area contributed by atoms with Crippen LogP contribution in [0.3, 0.4) is 0 Å². The molecule has 138 valence electrons. The standard InChI is InChI=1S/C22H24N4S/c1-16(2)15-26-21(20(24-22(26)27)18-11-6-7-13-23-18)19-12-8-14-25(19)17-9-4-3-5-10-17/h3-14,16,20-21H,15H2,1-2H3,(H,24,27)/t20-,21+/m1/s1. The van der Waals surface area contributed by atoms with Crippen LogP contribution < -0.4 is 5.32 Å². The molecule has 5 heteroatoms. The van der Waals surface area contributed by atoms with Crippen LogP contribution in [0, 0.1) is 5.92 Å². The van der Waals surface area contributed by atoms with Crippen LogP contribution in [-0.2, 0) is 0 Å². The molecule has 0 bridgehead atoms. The molecule has 1 aliphatic rings. The van der Waals surface area contributed by atoms with Gasteiger partial charge in [-0.3, -0.25) is 4.98 Å². The van der Waals surface area contributed by atoms with Crippen LogP contribution >= 0.6 is 12.2 Å². The Morgan fingerprint density at radius 3 is 2.52 bits per heavy atom. The van der Waals surface area contributed by atoms with Crippen molar-refractivity contribution in [2.45, 2.75) is 25.9 Å². The van der Waals surface area contributed by atoms with Crippen LogP contribution in [0.5, 0.6) is 0 Å². The van der Waals surface area contributed by atoms with E-state index in [0.29, 0.717) is 5.92 Å². The summed E-state index contributed by atoms with van der Waals surface area (Å²) >= 11 is 5.72. The molecular weight excluding hydrogens is 352 g/mol. The van der Waals surface area contributed by atoms with Gasteiger partial charge in [-0.05, 0) is 54.5 Å². The van der Waals surface area contributed by atoms with Crippen molar-refractivity contribution in [3.63, 3.8) is 0 Å². The Kier molecular flexibility index (Phi) is 4.94. The van der Waals surface area contributed by atoms with Gasteiger partial charge in [-0.15, -0.1) is 0 Å². The summed E-state index contributed by atoms with van der Waals surface area (Å²) in [7, 11) is 0. The molecule has 3 heterocycles. The number of benzene rings is 1. The lowest BCUT2D eigenvalue weighted by Crippen LogP contribution is -2.33. The molecule has 1 saturated heterocycles. The monoisotopic (exact) mass is 376 g/mol. The highest BCUT2D eigenvalue weighted by Crippen LogP contribution is 2.39. The van der Waals surface area contributed by atoms with E-state index in [1.165, 1.54) is 5.69 Å². The molecule has 4 rings (SSSR count). The maximum atomic E-state index is 5.72. The zero-order chi connectivity index (χ0) is 18.8. The molecule has 0 radical (unpaired) electrons. The summed E-state index contributed by atoms with van der Waals surface area (Å²) in [6.45, 7) is 5.35. The first-order valence-electron chi connectivity index (χ1n) is 9.36. The van der Waals surface area contributed by atoms with Gasteiger partial charge in [0, 0.05) is 30.3 Å². The Balaban J connectivity index is 1.81. The molecule has 3 aromatic rings. The predicted molar refractivity (Wildman–Crippen MR) is 113 cm³/mol. The van der Waals surface area contributed by atoms with Crippen molar-refractivity contribution in [2.24, 2.45) is 5.92 Å². The van der Waals surface area contributed by atoms with E-state index >= 15 is 0 Å². The summed E-state index contributed by atoms with van der Waals surface area (Å²) in [6, 6.07) is 20.9. The van der Waals surface area contributed by atoms with E-state index in [4.69, 9.17) is 12.2 Å². The molecule has 2 aromatic heterocycles. The number of aromatic nitrogens is 2. The van der Waals surface area contributed by atoms with Crippen LogP contribution in [-0.4, -0.2) is 26.1 Å². The van der Waals surface area contributed by atoms with Gasteiger partial charge in [0.1, 0.15) is 0 Å². The predicted octanol–water partition coefficient (Wildman–Crippen LogP) is 4.50. The highest BCUT2D eigenvalue weighted by atomic mass is 32.1. The quantitative estimate of drug-likeness (QED) is 0.665. The lowest BCUT2D eigenvalue weighted by atomic mass is 10.0. The van der Waals surface area contributed by atoms with Crippen LogP contribution in [0.2, 0.25) is 0 Å². The summed E-state index contributed by atoms with van der Waals surface area (Å²) < 4.78 is 2.25. The Morgan fingerprint density at radius 1 is 1.04 bits per heavy atom. The molecule has 1 aromatic carbocycles. The minimum Gasteiger partial charge on any atom is -0.352 e. The summed E-state index contributed by atoms with van der Waals surface area (Å²) in [6.07, 6.45) is 3.97. The van der Waals surface area contributed by atoms with Crippen LogP contribution in [0.1, 0.15) is 37.3 Å². The van der Waals surface area contributed by atoms with E-state index in [0.717, 1.165) is 23.0 Å². The fourth-order valence-corrected chi connectivity index (χ4v) is 4.09. The largest absolute Gasteiger partial charge is 0.352 e. The van der Waals surface area contributed by atoms with E-state index in [1.807, 2.05) is 24.4 Å². The van der Waals surface area contributed by atoms with Gasteiger partial charge in [-0.25, -0.2) is 0 Å². The Hall–Kier alpha value is -2.66. The highest BCUT2D eigenvalue weighted by Gasteiger charge is 2.41. The second-order valence-corrected chi connectivity index (χ2v) is 7.70. The summed E-state index contributed by atoms with van der Waals surface area (Å²) in [4.78, 5) is 6.93. The molecule has 1 fully saturated rings. The van der Waals surface area contributed by atoms with Gasteiger partial charge in [-0.1, -0.05) is 38.1 Å². The van der Waals surface area contributed by atoms with Gasteiger partial charge < -0.3 is 14.8 Å². The molecule has 4 nitrogen and oxygen atoms in total. The molecular formula is C22H24N4S. The first-order valence-corrected chi connectivity index (χ1v) is 9.76. The normalized spacial score (nSPS) is 19.5. The molecule has 1 N–H and O–H groups in total. The van der Waals surface area contributed by atoms with Crippen LogP contribution in [0.25, 0.3) is 5.69 Å². The fourth-order valence-electron chi connectivity index (χ4n) is 3.78. The summed E-state index contributed by atoms with van der Waals surface area (Å²) in [5.41, 5.74) is 3.38. The van der Waals surface area contributed by atoms with Crippen molar-refractivity contribution in [1.82, 2.24) is 19.8 Å². The molecule has 0 amide bonds. The maximum Gasteiger partial charge on any atom is 0.170 e. The van der Waals surface area contributed by atoms with Crippen molar-refractivity contribution >= 4 is 17.3 Å². The molecule has 2 atom stereocenters. The van der Waals surface area contributed by atoms with Gasteiger partial charge in [0.25, 0.3) is 0 Å². The molecule has 27 heavy (non-hydrogen) atoms. The molecule has 0 saturated carbocycles. The lowest BCUT2D eigenvalue weighted by Gasteiger charge is -2.30. The van der Waals surface area contributed by atoms with Crippen molar-refractivity contribution in [3.05, 3.63) is 84.4 Å². The fraction of sp³-hybridized carbons (Fsp3) is 0.273. The molecule has 0 unspecified atom stereocenters. The van der Waals surface area contributed by atoms with Gasteiger partial charge in [-0.2, -0.15) is 0 Å². The number of hydrogen-bond acceptors (Lipinski definition) is 2. The minimum atomic E-state index is 0.0230. The second kappa shape index (κ2) is 7.53. The first-order chi connectivity index (χ1) is 13.1. The number of pyridine rings is 1. The van der Waals surface area contributed by atoms with Gasteiger partial charge in [0.2, 0.25) is 0 Å². The van der Waals surface area contributed by atoms with E-state index in [2.05, 4.69) is 82.3 Å². The van der Waals surface area contributed by atoms with Crippen molar-refractivity contribution in [1.29, 1.82) is 0 Å². The number of rotatable bonds is 5. The van der Waals surface area contributed by atoms with Crippen molar-refractivity contribution in [2.75, 3.05) is 6.54 Å². The topological polar surface area (TPSA) is 33.1 Å². The summed E-state index contributed by atoms with van der Waals surface area (Å²) in [5, 5.41) is 4.32. The molecule has 0 spiro atoms. The van der Waals surface area contributed by atoms with Crippen molar-refractivity contribution in [3.8, 4) is 5.69 Å². The number of nitrogens with one attached hydrogen (secondary N) is 1. The Labute approximate surface area is 165 Å². The number of para-hydroxylation sites is 1. The molecule has 0 aliphatic carbocycles. The summed E-state index contributed by atoms with van der Waals surface area (Å²) in [5.74, 6) is 0.509. The molecule has 1 aliphatic heterocycles. The maximum absolute atomic E-state index is 5.72. The zero-order valence-corrected chi connectivity index (χ0v) is 16.4. The SMILES string of the molecule is CC(C)CN1C(=S)N[C@H](c2ccccn2)[C@@H]1c1cccn1-c1ccccc1. The van der Waals surface area contributed by atoms with Gasteiger partial charge in [0.05, 0.1) is 17.8 Å². The van der Waals surface area contributed by atoms with E-state index < -0.39 is 0 Å². The average Bonchev–Trinajstić information content (AvgIpc) is 3.28. The number of nitrogens with zero attached hydrogens (tertiary/aromatic N) is 3. The first kappa shape index (κ1) is 17.7. The second-order valence-electron chi connectivity index (χ2n) is 7.31. The number of thiocarbonyl (C=S) groups is 1.